The zero-order valence-electron chi connectivity index (χ0n) is 10.9. The molecule has 98 valence electrons. The molecule has 4 heteroatoms. The quantitative estimate of drug-likeness (QED) is 0.854. The lowest BCUT2D eigenvalue weighted by atomic mass is 10.1. The fraction of sp³-hybridized carbons (Fsp3) is 0.571. The fourth-order valence-electron chi connectivity index (χ4n) is 2.61. The van der Waals surface area contributed by atoms with E-state index in [1.807, 2.05) is 6.92 Å². The van der Waals surface area contributed by atoms with Crippen molar-refractivity contribution in [2.75, 3.05) is 6.54 Å². The first kappa shape index (κ1) is 13.3. The van der Waals surface area contributed by atoms with Gasteiger partial charge < -0.3 is 5.32 Å². The van der Waals surface area contributed by atoms with Gasteiger partial charge in [0.1, 0.15) is 5.15 Å². The van der Waals surface area contributed by atoms with Gasteiger partial charge in [0, 0.05) is 17.8 Å². The molecule has 1 saturated carbocycles. The molecule has 2 rings (SSSR count). The highest BCUT2D eigenvalue weighted by atomic mass is 35.5. The molecular formula is C14H19ClN2O. The molecule has 0 bridgehead atoms. The number of hydrogen-bond acceptors (Lipinski definition) is 2. The molecule has 1 aromatic heterocycles. The highest BCUT2D eigenvalue weighted by Crippen LogP contribution is 2.29. The van der Waals surface area contributed by atoms with Crippen LogP contribution in [0, 0.1) is 18.8 Å². The van der Waals surface area contributed by atoms with Crippen LogP contribution >= 0.6 is 11.6 Å². The van der Waals surface area contributed by atoms with Crippen molar-refractivity contribution < 1.29 is 4.79 Å². The molecule has 1 fully saturated rings. The van der Waals surface area contributed by atoms with Crippen molar-refractivity contribution in [1.82, 2.24) is 10.3 Å². The van der Waals surface area contributed by atoms with E-state index in [1.165, 1.54) is 19.3 Å². The molecule has 2 unspecified atom stereocenters. The number of amides is 1. The summed E-state index contributed by atoms with van der Waals surface area (Å²) in [7, 11) is 0. The summed E-state index contributed by atoms with van der Waals surface area (Å²) in [6, 6.07) is 3.37. The summed E-state index contributed by atoms with van der Waals surface area (Å²) in [6.45, 7) is 4.87. The van der Waals surface area contributed by atoms with Gasteiger partial charge in [-0.1, -0.05) is 24.9 Å². The normalized spacial score (nSPS) is 23.1. The van der Waals surface area contributed by atoms with E-state index in [0.29, 0.717) is 16.6 Å². The van der Waals surface area contributed by atoms with Crippen LogP contribution < -0.4 is 5.32 Å². The Labute approximate surface area is 113 Å². The average Bonchev–Trinajstić information content (AvgIpc) is 2.70. The molecule has 0 aliphatic heterocycles. The van der Waals surface area contributed by atoms with E-state index < -0.39 is 0 Å². The molecule has 0 spiro atoms. The first-order valence-electron chi connectivity index (χ1n) is 6.47. The number of carbonyl (C=O) groups is 1. The predicted molar refractivity (Wildman–Crippen MR) is 72.8 cm³/mol. The smallest absolute Gasteiger partial charge is 0.251 e. The van der Waals surface area contributed by atoms with Gasteiger partial charge in [0.15, 0.2) is 0 Å². The summed E-state index contributed by atoms with van der Waals surface area (Å²) >= 11 is 5.85. The monoisotopic (exact) mass is 266 g/mol. The van der Waals surface area contributed by atoms with Crippen LogP contribution in [0.15, 0.2) is 12.1 Å². The molecule has 1 aliphatic carbocycles. The number of aryl methyl sites for hydroxylation is 1. The number of carbonyl (C=O) groups excluding carboxylic acids is 1. The number of nitrogens with one attached hydrogen (secondary N) is 1. The minimum Gasteiger partial charge on any atom is -0.352 e. The number of hydrogen-bond donors (Lipinski definition) is 1. The molecule has 2 atom stereocenters. The van der Waals surface area contributed by atoms with Crippen molar-refractivity contribution >= 4 is 17.5 Å². The van der Waals surface area contributed by atoms with Gasteiger partial charge in [0.05, 0.1) is 0 Å². The lowest BCUT2D eigenvalue weighted by Crippen LogP contribution is -2.28. The predicted octanol–water partition coefficient (Wildman–Crippen LogP) is 3.21. The van der Waals surface area contributed by atoms with E-state index in [0.717, 1.165) is 18.2 Å². The minimum absolute atomic E-state index is 0.0537. The number of rotatable bonds is 3. The topological polar surface area (TPSA) is 42.0 Å². The summed E-state index contributed by atoms with van der Waals surface area (Å²) in [4.78, 5) is 16.0. The summed E-state index contributed by atoms with van der Waals surface area (Å²) in [6.07, 6.45) is 3.72. The molecule has 1 amide bonds. The highest BCUT2D eigenvalue weighted by molar-refractivity contribution is 6.29. The Balaban J connectivity index is 1.91. The summed E-state index contributed by atoms with van der Waals surface area (Å²) in [5.74, 6) is 1.37. The third-order valence-corrected chi connectivity index (χ3v) is 3.73. The van der Waals surface area contributed by atoms with Crippen LogP contribution in [-0.2, 0) is 0 Å². The maximum Gasteiger partial charge on any atom is 0.251 e. The van der Waals surface area contributed by atoms with Crippen LogP contribution in [0.2, 0.25) is 5.15 Å². The molecule has 1 aromatic rings. The SMILES string of the molecule is Cc1cc(C(=O)NCC2CCC(C)C2)cc(Cl)n1. The van der Waals surface area contributed by atoms with Crippen molar-refractivity contribution in [3.8, 4) is 0 Å². The molecule has 0 saturated heterocycles. The Bertz CT molecular complexity index is 427. The van der Waals surface area contributed by atoms with Gasteiger partial charge in [0.25, 0.3) is 5.91 Å². The maximum atomic E-state index is 12.0. The molecule has 1 N–H and O–H groups in total. The van der Waals surface area contributed by atoms with Crippen LogP contribution in [0.25, 0.3) is 0 Å². The second-order valence-electron chi connectivity index (χ2n) is 5.31. The van der Waals surface area contributed by atoms with Crippen molar-refractivity contribution in [3.63, 3.8) is 0 Å². The Hall–Kier alpha value is -1.09. The third kappa shape index (κ3) is 3.45. The Kier molecular flexibility index (Phi) is 4.23. The van der Waals surface area contributed by atoms with Gasteiger partial charge in [-0.2, -0.15) is 0 Å². The number of nitrogens with zero attached hydrogens (tertiary/aromatic N) is 1. The zero-order valence-corrected chi connectivity index (χ0v) is 11.6. The fourth-order valence-corrected chi connectivity index (χ4v) is 2.86. The number of halogens is 1. The summed E-state index contributed by atoms with van der Waals surface area (Å²) in [5.41, 5.74) is 1.36. The van der Waals surface area contributed by atoms with Gasteiger partial charge in [-0.15, -0.1) is 0 Å². The van der Waals surface area contributed by atoms with Gasteiger partial charge in [-0.3, -0.25) is 4.79 Å². The number of pyridine rings is 1. The first-order valence-corrected chi connectivity index (χ1v) is 6.85. The van der Waals surface area contributed by atoms with Gasteiger partial charge in [-0.05, 0) is 43.7 Å². The van der Waals surface area contributed by atoms with Gasteiger partial charge in [-0.25, -0.2) is 4.98 Å². The van der Waals surface area contributed by atoms with Gasteiger partial charge >= 0.3 is 0 Å². The molecule has 1 aliphatic rings. The van der Waals surface area contributed by atoms with Crippen LogP contribution in [-0.4, -0.2) is 17.4 Å². The van der Waals surface area contributed by atoms with Crippen LogP contribution in [0.3, 0.4) is 0 Å². The highest BCUT2D eigenvalue weighted by Gasteiger charge is 2.21. The molecule has 1 heterocycles. The standard InChI is InChI=1S/C14H19ClN2O/c1-9-3-4-11(5-9)8-16-14(18)12-6-10(2)17-13(15)7-12/h6-7,9,11H,3-5,8H2,1-2H3,(H,16,18). The lowest BCUT2D eigenvalue weighted by molar-refractivity contribution is 0.0947. The van der Waals surface area contributed by atoms with E-state index in [2.05, 4.69) is 17.2 Å². The van der Waals surface area contributed by atoms with Crippen LogP contribution in [0.5, 0.6) is 0 Å². The summed E-state index contributed by atoms with van der Waals surface area (Å²) < 4.78 is 0. The molecule has 0 aromatic carbocycles. The second kappa shape index (κ2) is 5.70. The maximum absolute atomic E-state index is 12.0. The number of aromatic nitrogens is 1. The largest absolute Gasteiger partial charge is 0.352 e. The zero-order chi connectivity index (χ0) is 13.1. The van der Waals surface area contributed by atoms with Gasteiger partial charge in [0.2, 0.25) is 0 Å². The Morgan fingerprint density at radius 1 is 1.50 bits per heavy atom. The van der Waals surface area contributed by atoms with E-state index in [4.69, 9.17) is 11.6 Å². The van der Waals surface area contributed by atoms with Crippen molar-refractivity contribution in [2.45, 2.75) is 33.1 Å². The Morgan fingerprint density at radius 3 is 2.89 bits per heavy atom. The average molecular weight is 267 g/mol. The Morgan fingerprint density at radius 2 is 2.28 bits per heavy atom. The lowest BCUT2D eigenvalue weighted by Gasteiger charge is -2.11. The van der Waals surface area contributed by atoms with Crippen molar-refractivity contribution in [2.24, 2.45) is 11.8 Å². The van der Waals surface area contributed by atoms with Crippen molar-refractivity contribution in [3.05, 3.63) is 28.5 Å². The van der Waals surface area contributed by atoms with E-state index in [1.54, 1.807) is 12.1 Å². The molecular weight excluding hydrogens is 248 g/mol. The minimum atomic E-state index is -0.0537. The second-order valence-corrected chi connectivity index (χ2v) is 5.70. The summed E-state index contributed by atoms with van der Waals surface area (Å²) in [5, 5.41) is 3.36. The first-order chi connectivity index (χ1) is 8.54. The molecule has 18 heavy (non-hydrogen) atoms. The van der Waals surface area contributed by atoms with E-state index in [-0.39, 0.29) is 5.91 Å². The van der Waals surface area contributed by atoms with E-state index in [9.17, 15) is 4.79 Å². The molecule has 0 radical (unpaired) electrons. The van der Waals surface area contributed by atoms with Crippen molar-refractivity contribution in [1.29, 1.82) is 0 Å². The molecule has 3 nitrogen and oxygen atoms in total. The van der Waals surface area contributed by atoms with E-state index >= 15 is 0 Å². The third-order valence-electron chi connectivity index (χ3n) is 3.54. The van der Waals surface area contributed by atoms with Crippen LogP contribution in [0.1, 0.15) is 42.2 Å². The van der Waals surface area contributed by atoms with Crippen LogP contribution in [0.4, 0.5) is 0 Å².